The molecule has 4 nitrogen and oxygen atoms in total. The SMILES string of the molecule is C=CCN(C(=O)O)C(=CC)C(=O)CCCCCCCC. The summed E-state index contributed by atoms with van der Waals surface area (Å²) in [7, 11) is 0. The summed E-state index contributed by atoms with van der Waals surface area (Å²) < 4.78 is 0. The number of hydrogen-bond acceptors (Lipinski definition) is 2. The normalized spacial score (nSPS) is 11.2. The molecule has 0 saturated heterocycles. The van der Waals surface area contributed by atoms with Crippen molar-refractivity contribution in [3.63, 3.8) is 0 Å². The van der Waals surface area contributed by atoms with Crippen molar-refractivity contribution in [3.05, 3.63) is 24.4 Å². The maximum Gasteiger partial charge on any atom is 0.412 e. The highest BCUT2D eigenvalue weighted by molar-refractivity contribution is 5.97. The van der Waals surface area contributed by atoms with Crippen LogP contribution in [0.2, 0.25) is 0 Å². The van der Waals surface area contributed by atoms with E-state index in [4.69, 9.17) is 5.11 Å². The lowest BCUT2D eigenvalue weighted by Crippen LogP contribution is -2.32. The van der Waals surface area contributed by atoms with Gasteiger partial charge in [0, 0.05) is 13.0 Å². The number of hydrogen-bond donors (Lipinski definition) is 1. The molecule has 0 bridgehead atoms. The van der Waals surface area contributed by atoms with Crippen molar-refractivity contribution in [1.82, 2.24) is 4.90 Å². The highest BCUT2D eigenvalue weighted by atomic mass is 16.4. The molecule has 0 fully saturated rings. The summed E-state index contributed by atoms with van der Waals surface area (Å²) in [6.07, 6.45) is 8.98. The zero-order chi connectivity index (χ0) is 15.4. The number of carbonyl (C=O) groups excluding carboxylic acids is 1. The van der Waals surface area contributed by atoms with Crippen molar-refractivity contribution in [2.45, 2.75) is 58.8 Å². The van der Waals surface area contributed by atoms with E-state index in [0.717, 1.165) is 24.2 Å². The van der Waals surface area contributed by atoms with Gasteiger partial charge in [-0.3, -0.25) is 9.69 Å². The van der Waals surface area contributed by atoms with Crippen LogP contribution in [0, 0.1) is 0 Å². The fraction of sp³-hybridized carbons (Fsp3) is 0.625. The third-order valence-electron chi connectivity index (χ3n) is 3.15. The molecule has 20 heavy (non-hydrogen) atoms. The van der Waals surface area contributed by atoms with Crippen molar-refractivity contribution >= 4 is 11.9 Å². The van der Waals surface area contributed by atoms with Gasteiger partial charge in [-0.15, -0.1) is 6.58 Å². The molecule has 0 unspecified atom stereocenters. The Morgan fingerprint density at radius 1 is 1.15 bits per heavy atom. The largest absolute Gasteiger partial charge is 0.465 e. The second-order valence-corrected chi connectivity index (χ2v) is 4.80. The van der Waals surface area contributed by atoms with Crippen LogP contribution in [-0.4, -0.2) is 28.4 Å². The minimum Gasteiger partial charge on any atom is -0.465 e. The summed E-state index contributed by atoms with van der Waals surface area (Å²) in [5, 5.41) is 9.11. The van der Waals surface area contributed by atoms with Crippen LogP contribution in [0.3, 0.4) is 0 Å². The first-order valence-electron chi connectivity index (χ1n) is 7.39. The molecular formula is C16H27NO3. The molecule has 0 radical (unpaired) electrons. The van der Waals surface area contributed by atoms with Gasteiger partial charge in [-0.25, -0.2) is 4.79 Å². The first-order chi connectivity index (χ1) is 9.58. The lowest BCUT2D eigenvalue weighted by molar-refractivity contribution is -0.117. The van der Waals surface area contributed by atoms with E-state index >= 15 is 0 Å². The molecule has 0 saturated carbocycles. The van der Waals surface area contributed by atoms with Crippen LogP contribution in [0.4, 0.5) is 4.79 Å². The van der Waals surface area contributed by atoms with E-state index in [-0.39, 0.29) is 18.0 Å². The number of carboxylic acid groups (broad SMARTS) is 1. The predicted molar refractivity (Wildman–Crippen MR) is 81.7 cm³/mol. The number of unbranched alkanes of at least 4 members (excludes halogenated alkanes) is 5. The van der Waals surface area contributed by atoms with E-state index in [1.807, 2.05) is 0 Å². The number of ketones is 1. The Labute approximate surface area is 122 Å². The minimum atomic E-state index is -1.12. The molecule has 4 heteroatoms. The van der Waals surface area contributed by atoms with Crippen LogP contribution in [0.15, 0.2) is 24.4 Å². The third-order valence-corrected chi connectivity index (χ3v) is 3.15. The Balaban J connectivity index is 4.27. The number of allylic oxidation sites excluding steroid dienone is 2. The second kappa shape index (κ2) is 11.3. The Kier molecular flexibility index (Phi) is 10.4. The fourth-order valence-corrected chi connectivity index (χ4v) is 2.07. The standard InChI is InChI=1S/C16H27NO3/c1-4-7-8-9-10-11-12-15(18)14(6-3)17(13-5-2)16(19)20/h5-6H,2,4,7-13H2,1,3H3,(H,19,20). The number of rotatable bonds is 11. The van der Waals surface area contributed by atoms with E-state index in [2.05, 4.69) is 13.5 Å². The molecule has 114 valence electrons. The summed E-state index contributed by atoms with van der Waals surface area (Å²) >= 11 is 0. The molecule has 0 aliphatic heterocycles. The van der Waals surface area contributed by atoms with Crippen LogP contribution in [-0.2, 0) is 4.79 Å². The maximum absolute atomic E-state index is 12.1. The van der Waals surface area contributed by atoms with Gasteiger partial charge in [-0.2, -0.15) is 0 Å². The van der Waals surface area contributed by atoms with Gasteiger partial charge in [-0.05, 0) is 13.3 Å². The van der Waals surface area contributed by atoms with E-state index in [0.29, 0.717) is 6.42 Å². The van der Waals surface area contributed by atoms with E-state index in [1.54, 1.807) is 13.0 Å². The molecule has 0 rings (SSSR count). The molecule has 1 amide bonds. The summed E-state index contributed by atoms with van der Waals surface area (Å²) in [5.74, 6) is -0.104. The first kappa shape index (κ1) is 18.4. The lowest BCUT2D eigenvalue weighted by atomic mass is 10.1. The number of carbonyl (C=O) groups is 2. The topological polar surface area (TPSA) is 57.6 Å². The molecule has 0 aromatic rings. The van der Waals surface area contributed by atoms with E-state index in [9.17, 15) is 9.59 Å². The van der Waals surface area contributed by atoms with Gasteiger partial charge in [-0.1, -0.05) is 51.2 Å². The highest BCUT2D eigenvalue weighted by Crippen LogP contribution is 2.13. The smallest absolute Gasteiger partial charge is 0.412 e. The average molecular weight is 281 g/mol. The molecule has 0 aliphatic rings. The first-order valence-corrected chi connectivity index (χ1v) is 7.39. The quantitative estimate of drug-likeness (QED) is 0.347. The van der Waals surface area contributed by atoms with Gasteiger partial charge in [0.15, 0.2) is 5.78 Å². The lowest BCUT2D eigenvalue weighted by Gasteiger charge is -2.19. The molecule has 0 aliphatic carbocycles. The molecule has 1 N–H and O–H groups in total. The van der Waals surface area contributed by atoms with Gasteiger partial charge >= 0.3 is 6.09 Å². The van der Waals surface area contributed by atoms with Gasteiger partial charge < -0.3 is 5.11 Å². The Bertz CT molecular complexity index is 348. The van der Waals surface area contributed by atoms with Crippen LogP contribution in [0.25, 0.3) is 0 Å². The summed E-state index contributed by atoms with van der Waals surface area (Å²) in [5.41, 5.74) is 0.256. The zero-order valence-electron chi connectivity index (χ0n) is 12.7. The second-order valence-electron chi connectivity index (χ2n) is 4.80. The fourth-order valence-electron chi connectivity index (χ4n) is 2.07. The summed E-state index contributed by atoms with van der Waals surface area (Å²) in [6.45, 7) is 7.51. The third kappa shape index (κ3) is 7.12. The van der Waals surface area contributed by atoms with E-state index < -0.39 is 6.09 Å². The maximum atomic E-state index is 12.1. The zero-order valence-corrected chi connectivity index (χ0v) is 12.7. The Hall–Kier alpha value is -1.58. The number of Topliss-reactive ketones (excluding diaryl/α,β-unsaturated/α-hetero) is 1. The molecule has 0 aromatic heterocycles. The van der Waals surface area contributed by atoms with Gasteiger partial charge in [0.2, 0.25) is 0 Å². The van der Waals surface area contributed by atoms with Crippen LogP contribution < -0.4 is 0 Å². The molecular weight excluding hydrogens is 254 g/mol. The average Bonchev–Trinajstić information content (AvgIpc) is 2.42. The highest BCUT2D eigenvalue weighted by Gasteiger charge is 2.20. The Morgan fingerprint density at radius 3 is 2.25 bits per heavy atom. The number of nitrogens with zero attached hydrogens (tertiary/aromatic N) is 1. The monoisotopic (exact) mass is 281 g/mol. The summed E-state index contributed by atoms with van der Waals surface area (Å²) in [4.78, 5) is 24.3. The van der Waals surface area contributed by atoms with Gasteiger partial charge in [0.1, 0.15) is 0 Å². The molecule has 0 aromatic carbocycles. The van der Waals surface area contributed by atoms with Crippen molar-refractivity contribution in [1.29, 1.82) is 0 Å². The van der Waals surface area contributed by atoms with Crippen LogP contribution in [0.1, 0.15) is 58.8 Å². The number of amides is 1. The minimum absolute atomic E-state index is 0.104. The predicted octanol–water partition coefficient (Wildman–Crippen LogP) is 4.38. The van der Waals surface area contributed by atoms with Crippen molar-refractivity contribution in [2.24, 2.45) is 0 Å². The van der Waals surface area contributed by atoms with E-state index in [1.165, 1.54) is 25.3 Å². The molecule has 0 spiro atoms. The Morgan fingerprint density at radius 2 is 1.75 bits per heavy atom. The van der Waals surface area contributed by atoms with Crippen LogP contribution >= 0.6 is 0 Å². The van der Waals surface area contributed by atoms with Gasteiger partial charge in [0.25, 0.3) is 0 Å². The van der Waals surface area contributed by atoms with Gasteiger partial charge in [0.05, 0.1) is 5.70 Å². The van der Waals surface area contributed by atoms with Crippen molar-refractivity contribution in [3.8, 4) is 0 Å². The van der Waals surface area contributed by atoms with Crippen molar-refractivity contribution in [2.75, 3.05) is 6.54 Å². The van der Waals surface area contributed by atoms with Crippen LogP contribution in [0.5, 0.6) is 0 Å². The molecule has 0 heterocycles. The van der Waals surface area contributed by atoms with Crippen molar-refractivity contribution < 1.29 is 14.7 Å². The molecule has 0 atom stereocenters. The summed E-state index contributed by atoms with van der Waals surface area (Å²) in [6, 6.07) is 0.